The highest BCUT2D eigenvalue weighted by atomic mass is 14.9. The average molecular weight is 225 g/mol. The molecular weight excluding hydrogens is 206 g/mol. The van der Waals surface area contributed by atoms with Gasteiger partial charge in [-0.3, -0.25) is 0 Å². The number of benzene rings is 2. The molecule has 0 aliphatic heterocycles. The van der Waals surface area contributed by atoms with E-state index in [0.29, 0.717) is 0 Å². The van der Waals surface area contributed by atoms with Crippen LogP contribution in [0.2, 0.25) is 0 Å². The van der Waals surface area contributed by atoms with Crippen molar-refractivity contribution in [3.63, 3.8) is 0 Å². The zero-order chi connectivity index (χ0) is 12.1. The smallest absolute Gasteiger partial charge is 0.0400 e. The Morgan fingerprint density at radius 3 is 2.35 bits per heavy atom. The molecule has 0 heterocycles. The molecular formula is C16H19N. The van der Waals surface area contributed by atoms with Crippen molar-refractivity contribution in [3.05, 3.63) is 65.2 Å². The van der Waals surface area contributed by atoms with Gasteiger partial charge in [-0.15, -0.1) is 0 Å². The number of rotatable bonds is 4. The van der Waals surface area contributed by atoms with Gasteiger partial charge in [0.2, 0.25) is 0 Å². The van der Waals surface area contributed by atoms with Gasteiger partial charge in [0.1, 0.15) is 0 Å². The van der Waals surface area contributed by atoms with Crippen molar-refractivity contribution in [2.45, 2.75) is 26.8 Å². The van der Waals surface area contributed by atoms with Crippen LogP contribution in [-0.4, -0.2) is 0 Å². The third-order valence-electron chi connectivity index (χ3n) is 3.00. The van der Waals surface area contributed by atoms with E-state index in [9.17, 15) is 0 Å². The Kier molecular flexibility index (Phi) is 3.81. The third kappa shape index (κ3) is 3.10. The molecule has 2 aromatic carbocycles. The summed E-state index contributed by atoms with van der Waals surface area (Å²) in [5, 5.41) is 3.50. The van der Waals surface area contributed by atoms with Crippen molar-refractivity contribution in [2.24, 2.45) is 0 Å². The second-order valence-corrected chi connectivity index (χ2v) is 4.35. The Morgan fingerprint density at radius 2 is 1.65 bits per heavy atom. The first-order valence-electron chi connectivity index (χ1n) is 6.17. The van der Waals surface area contributed by atoms with Gasteiger partial charge < -0.3 is 5.32 Å². The van der Waals surface area contributed by atoms with Crippen LogP contribution in [-0.2, 0) is 13.0 Å². The number of aryl methyl sites for hydroxylation is 2. The molecule has 2 aromatic rings. The first-order chi connectivity index (χ1) is 8.29. The maximum Gasteiger partial charge on any atom is 0.0400 e. The topological polar surface area (TPSA) is 12.0 Å². The number of para-hydroxylation sites is 1. The van der Waals surface area contributed by atoms with Crippen molar-refractivity contribution in [2.75, 3.05) is 5.32 Å². The molecule has 1 N–H and O–H groups in total. The van der Waals surface area contributed by atoms with Gasteiger partial charge >= 0.3 is 0 Å². The molecule has 0 amide bonds. The van der Waals surface area contributed by atoms with E-state index in [4.69, 9.17) is 0 Å². The zero-order valence-electron chi connectivity index (χ0n) is 10.5. The van der Waals surface area contributed by atoms with Crippen molar-refractivity contribution in [1.29, 1.82) is 0 Å². The highest BCUT2D eigenvalue weighted by Crippen LogP contribution is 2.16. The quantitative estimate of drug-likeness (QED) is 0.823. The highest BCUT2D eigenvalue weighted by molar-refractivity contribution is 5.51. The van der Waals surface area contributed by atoms with E-state index in [-0.39, 0.29) is 0 Å². The summed E-state index contributed by atoms with van der Waals surface area (Å²) in [4.78, 5) is 0. The number of hydrogen-bond donors (Lipinski definition) is 1. The summed E-state index contributed by atoms with van der Waals surface area (Å²) in [6, 6.07) is 17.2. The Labute approximate surface area is 103 Å². The van der Waals surface area contributed by atoms with E-state index in [0.717, 1.165) is 13.0 Å². The maximum atomic E-state index is 3.50. The van der Waals surface area contributed by atoms with Crippen LogP contribution < -0.4 is 5.32 Å². The van der Waals surface area contributed by atoms with Crippen molar-refractivity contribution < 1.29 is 0 Å². The van der Waals surface area contributed by atoms with Gasteiger partial charge in [0.05, 0.1) is 0 Å². The fourth-order valence-electron chi connectivity index (χ4n) is 1.90. The molecule has 0 bridgehead atoms. The summed E-state index contributed by atoms with van der Waals surface area (Å²) < 4.78 is 0. The standard InChI is InChI=1S/C16H19N/c1-3-15-6-4-5-7-16(15)17-12-14-10-8-13(2)9-11-14/h4-11,17H,3,12H2,1-2H3. The molecule has 0 fully saturated rings. The molecule has 1 heteroatoms. The third-order valence-corrected chi connectivity index (χ3v) is 3.00. The van der Waals surface area contributed by atoms with E-state index >= 15 is 0 Å². The van der Waals surface area contributed by atoms with Crippen LogP contribution in [0.15, 0.2) is 48.5 Å². The van der Waals surface area contributed by atoms with Gasteiger partial charge in [0, 0.05) is 12.2 Å². The molecule has 0 unspecified atom stereocenters. The fourth-order valence-corrected chi connectivity index (χ4v) is 1.90. The number of nitrogens with one attached hydrogen (secondary N) is 1. The van der Waals surface area contributed by atoms with Crippen LogP contribution >= 0.6 is 0 Å². The Morgan fingerprint density at radius 1 is 0.941 bits per heavy atom. The van der Waals surface area contributed by atoms with E-state index in [1.807, 2.05) is 0 Å². The minimum atomic E-state index is 0.886. The summed E-state index contributed by atoms with van der Waals surface area (Å²) in [6.45, 7) is 5.19. The lowest BCUT2D eigenvalue weighted by Gasteiger charge is -2.10. The lowest BCUT2D eigenvalue weighted by molar-refractivity contribution is 1.09. The van der Waals surface area contributed by atoms with Crippen LogP contribution in [0.3, 0.4) is 0 Å². The summed E-state index contributed by atoms with van der Waals surface area (Å²) in [5.41, 5.74) is 5.25. The average Bonchev–Trinajstić information content (AvgIpc) is 2.38. The fraction of sp³-hybridized carbons (Fsp3) is 0.250. The molecule has 0 aromatic heterocycles. The lowest BCUT2D eigenvalue weighted by Crippen LogP contribution is -2.01. The van der Waals surface area contributed by atoms with Crippen molar-refractivity contribution in [3.8, 4) is 0 Å². The molecule has 0 radical (unpaired) electrons. The van der Waals surface area contributed by atoms with Crippen molar-refractivity contribution in [1.82, 2.24) is 0 Å². The van der Waals surface area contributed by atoms with Gasteiger partial charge in [0.25, 0.3) is 0 Å². The van der Waals surface area contributed by atoms with Gasteiger partial charge in [-0.25, -0.2) is 0 Å². The SMILES string of the molecule is CCc1ccccc1NCc1ccc(C)cc1. The summed E-state index contributed by atoms with van der Waals surface area (Å²) in [5.74, 6) is 0. The highest BCUT2D eigenvalue weighted by Gasteiger charge is 1.98. The molecule has 88 valence electrons. The molecule has 0 aliphatic rings. The minimum Gasteiger partial charge on any atom is -0.381 e. The Bertz CT molecular complexity index is 471. The number of hydrogen-bond acceptors (Lipinski definition) is 1. The monoisotopic (exact) mass is 225 g/mol. The molecule has 1 nitrogen and oxygen atoms in total. The van der Waals surface area contributed by atoms with E-state index in [1.165, 1.54) is 22.4 Å². The van der Waals surface area contributed by atoms with Crippen LogP contribution in [0, 0.1) is 6.92 Å². The Hall–Kier alpha value is -1.76. The van der Waals surface area contributed by atoms with Crippen LogP contribution in [0.4, 0.5) is 5.69 Å². The molecule has 0 aliphatic carbocycles. The van der Waals surface area contributed by atoms with Crippen LogP contribution in [0.5, 0.6) is 0 Å². The first kappa shape index (κ1) is 11.7. The molecule has 0 atom stereocenters. The van der Waals surface area contributed by atoms with E-state index < -0.39 is 0 Å². The van der Waals surface area contributed by atoms with Crippen LogP contribution in [0.1, 0.15) is 23.6 Å². The van der Waals surface area contributed by atoms with Crippen molar-refractivity contribution >= 4 is 5.69 Å². The van der Waals surface area contributed by atoms with E-state index in [1.54, 1.807) is 0 Å². The lowest BCUT2D eigenvalue weighted by atomic mass is 10.1. The first-order valence-corrected chi connectivity index (χ1v) is 6.17. The summed E-state index contributed by atoms with van der Waals surface area (Å²) in [7, 11) is 0. The van der Waals surface area contributed by atoms with E-state index in [2.05, 4.69) is 67.7 Å². The largest absolute Gasteiger partial charge is 0.381 e. The second-order valence-electron chi connectivity index (χ2n) is 4.35. The van der Waals surface area contributed by atoms with Crippen LogP contribution in [0.25, 0.3) is 0 Å². The maximum absolute atomic E-state index is 3.50. The zero-order valence-corrected chi connectivity index (χ0v) is 10.5. The molecule has 17 heavy (non-hydrogen) atoms. The molecule has 0 saturated carbocycles. The Balaban J connectivity index is 2.04. The summed E-state index contributed by atoms with van der Waals surface area (Å²) in [6.07, 6.45) is 1.07. The predicted octanol–water partition coefficient (Wildman–Crippen LogP) is 4.17. The molecule has 0 saturated heterocycles. The molecule has 0 spiro atoms. The second kappa shape index (κ2) is 5.53. The number of anilines is 1. The normalized spacial score (nSPS) is 10.2. The van der Waals surface area contributed by atoms with Gasteiger partial charge in [0.15, 0.2) is 0 Å². The summed E-state index contributed by atoms with van der Waals surface area (Å²) >= 11 is 0. The minimum absolute atomic E-state index is 0.886. The van der Waals surface area contributed by atoms with Gasteiger partial charge in [-0.2, -0.15) is 0 Å². The van der Waals surface area contributed by atoms with Gasteiger partial charge in [-0.1, -0.05) is 55.0 Å². The predicted molar refractivity (Wildman–Crippen MR) is 74.3 cm³/mol. The molecule has 2 rings (SSSR count). The van der Waals surface area contributed by atoms with Gasteiger partial charge in [-0.05, 0) is 30.5 Å².